The zero-order valence-corrected chi connectivity index (χ0v) is 21.0. The molecule has 4 aromatic carbocycles. The third-order valence-electron chi connectivity index (χ3n) is 6.94. The minimum atomic E-state index is 0.232. The highest BCUT2D eigenvalue weighted by Gasteiger charge is 2.25. The predicted octanol–water partition coefficient (Wildman–Crippen LogP) is 6.45. The molecule has 0 spiro atoms. The lowest BCUT2D eigenvalue weighted by Gasteiger charge is -2.26. The van der Waals surface area contributed by atoms with Crippen molar-refractivity contribution in [3.63, 3.8) is 0 Å². The molecule has 3 fully saturated rings. The summed E-state index contributed by atoms with van der Waals surface area (Å²) in [5, 5.41) is 0. The molecule has 3 aliphatic heterocycles. The van der Waals surface area contributed by atoms with Gasteiger partial charge in [0.25, 0.3) is 0 Å². The van der Waals surface area contributed by atoms with Crippen molar-refractivity contribution in [3.8, 4) is 22.6 Å². The lowest BCUT2D eigenvalue weighted by Crippen LogP contribution is -2.10. The van der Waals surface area contributed by atoms with E-state index in [-0.39, 0.29) is 18.3 Å². The van der Waals surface area contributed by atoms with Gasteiger partial charge in [-0.2, -0.15) is 0 Å². The van der Waals surface area contributed by atoms with E-state index in [0.29, 0.717) is 13.2 Å². The summed E-state index contributed by atoms with van der Waals surface area (Å²) in [4.78, 5) is 2.23. The van der Waals surface area contributed by atoms with Crippen molar-refractivity contribution >= 4 is 17.1 Å². The third kappa shape index (κ3) is 5.53. The van der Waals surface area contributed by atoms with Crippen LogP contribution in [0.2, 0.25) is 0 Å². The fourth-order valence-corrected chi connectivity index (χ4v) is 4.47. The average molecular weight is 508 g/mol. The van der Waals surface area contributed by atoms with Crippen LogP contribution in [-0.4, -0.2) is 45.2 Å². The van der Waals surface area contributed by atoms with E-state index in [1.807, 2.05) is 24.3 Å². The van der Waals surface area contributed by atoms with Crippen LogP contribution in [0.5, 0.6) is 11.5 Å². The van der Waals surface area contributed by atoms with E-state index in [2.05, 4.69) is 77.7 Å². The van der Waals surface area contributed by atoms with Crippen LogP contribution in [-0.2, 0) is 14.2 Å². The van der Waals surface area contributed by atoms with Gasteiger partial charge in [0.15, 0.2) is 0 Å². The van der Waals surface area contributed by atoms with Crippen LogP contribution in [0.15, 0.2) is 97.1 Å². The van der Waals surface area contributed by atoms with Crippen LogP contribution in [0.3, 0.4) is 0 Å². The first-order valence-corrected chi connectivity index (χ1v) is 13.1. The second kappa shape index (κ2) is 10.1. The minimum Gasteiger partial charge on any atom is -0.491 e. The second-order valence-electron chi connectivity index (χ2n) is 9.85. The first-order chi connectivity index (χ1) is 18.8. The van der Waals surface area contributed by atoms with E-state index < -0.39 is 0 Å². The SMILES string of the molecule is c1cc(N(c2ccc(OCC3CO3)cc2)c2ccc(-c3ccc(C4CO4)cc3)cc2)ccc1OCC1CO1. The normalized spacial score (nSPS) is 21.0. The van der Waals surface area contributed by atoms with Gasteiger partial charge in [0.05, 0.1) is 19.8 Å². The maximum absolute atomic E-state index is 5.86. The van der Waals surface area contributed by atoms with Gasteiger partial charge in [-0.05, 0) is 77.4 Å². The Labute approximate surface area is 222 Å². The van der Waals surface area contributed by atoms with Crippen molar-refractivity contribution in [2.75, 3.05) is 37.9 Å². The molecule has 0 amide bonds. The fourth-order valence-electron chi connectivity index (χ4n) is 4.47. The van der Waals surface area contributed by atoms with E-state index in [4.69, 9.17) is 23.7 Å². The number of anilines is 3. The monoisotopic (exact) mass is 507 g/mol. The molecular formula is C32H29NO5. The summed E-state index contributed by atoms with van der Waals surface area (Å²) in [6, 6.07) is 33.7. The fraction of sp³-hybridized carbons (Fsp3) is 0.250. The molecular weight excluding hydrogens is 478 g/mol. The van der Waals surface area contributed by atoms with Crippen molar-refractivity contribution in [2.24, 2.45) is 0 Å². The van der Waals surface area contributed by atoms with E-state index in [0.717, 1.165) is 48.4 Å². The molecule has 192 valence electrons. The Kier molecular flexibility index (Phi) is 6.21. The van der Waals surface area contributed by atoms with Gasteiger partial charge in [0.1, 0.15) is 43.0 Å². The molecule has 0 bridgehead atoms. The molecule has 6 heteroatoms. The number of epoxide rings is 3. The smallest absolute Gasteiger partial charge is 0.119 e. The molecule has 3 unspecified atom stereocenters. The van der Waals surface area contributed by atoms with E-state index in [1.54, 1.807) is 0 Å². The molecule has 0 N–H and O–H groups in total. The van der Waals surface area contributed by atoms with Gasteiger partial charge in [-0.3, -0.25) is 0 Å². The van der Waals surface area contributed by atoms with Gasteiger partial charge in [0, 0.05) is 17.1 Å². The summed E-state index contributed by atoms with van der Waals surface area (Å²) in [5.74, 6) is 1.68. The van der Waals surface area contributed by atoms with Gasteiger partial charge in [0.2, 0.25) is 0 Å². The van der Waals surface area contributed by atoms with Crippen LogP contribution in [0.1, 0.15) is 11.7 Å². The molecule has 0 saturated carbocycles. The molecule has 0 radical (unpaired) electrons. The number of nitrogens with zero attached hydrogens (tertiary/aromatic N) is 1. The highest BCUT2D eigenvalue weighted by atomic mass is 16.6. The number of benzene rings is 4. The van der Waals surface area contributed by atoms with Crippen molar-refractivity contribution in [3.05, 3.63) is 103 Å². The molecule has 7 rings (SSSR count). The molecule has 0 aliphatic carbocycles. The maximum Gasteiger partial charge on any atom is 0.119 e. The molecule has 3 aliphatic rings. The zero-order chi connectivity index (χ0) is 25.3. The number of rotatable bonds is 11. The summed E-state index contributed by atoms with van der Waals surface area (Å²) < 4.78 is 27.6. The lowest BCUT2D eigenvalue weighted by atomic mass is 10.0. The molecule has 4 aromatic rings. The van der Waals surface area contributed by atoms with Crippen LogP contribution in [0.4, 0.5) is 17.1 Å². The third-order valence-corrected chi connectivity index (χ3v) is 6.94. The molecule has 38 heavy (non-hydrogen) atoms. The van der Waals surface area contributed by atoms with Gasteiger partial charge in [-0.15, -0.1) is 0 Å². The van der Waals surface area contributed by atoms with E-state index in [9.17, 15) is 0 Å². The number of hydrogen-bond acceptors (Lipinski definition) is 6. The van der Waals surface area contributed by atoms with Crippen molar-refractivity contribution in [1.82, 2.24) is 0 Å². The van der Waals surface area contributed by atoms with Crippen LogP contribution in [0.25, 0.3) is 11.1 Å². The highest BCUT2D eigenvalue weighted by molar-refractivity contribution is 5.78. The van der Waals surface area contributed by atoms with Crippen molar-refractivity contribution < 1.29 is 23.7 Å². The number of ether oxygens (including phenoxy) is 5. The summed E-state index contributed by atoms with van der Waals surface area (Å²) in [5.41, 5.74) is 6.76. The van der Waals surface area contributed by atoms with Crippen LogP contribution < -0.4 is 14.4 Å². The Balaban J connectivity index is 1.15. The van der Waals surface area contributed by atoms with E-state index in [1.165, 1.54) is 16.7 Å². The van der Waals surface area contributed by atoms with E-state index >= 15 is 0 Å². The van der Waals surface area contributed by atoms with Crippen LogP contribution >= 0.6 is 0 Å². The Morgan fingerprint density at radius 2 is 0.921 bits per heavy atom. The Bertz CT molecular complexity index is 1300. The standard InChI is InChI=1S/C32H29NO5/c1-3-24(32-21-38-32)4-2-22(1)23-5-7-25(8-6-23)33(26-9-13-28(14-10-26)34-17-30-19-36-30)27-11-15-29(16-12-27)35-18-31-20-37-31/h1-16,30-32H,17-21H2. The minimum absolute atomic E-state index is 0.232. The Morgan fingerprint density at radius 1 is 0.526 bits per heavy atom. The second-order valence-corrected chi connectivity index (χ2v) is 9.85. The lowest BCUT2D eigenvalue weighted by molar-refractivity contribution is 0.263. The molecule has 3 atom stereocenters. The molecule has 6 nitrogen and oxygen atoms in total. The quantitative estimate of drug-likeness (QED) is 0.218. The molecule has 3 heterocycles. The van der Waals surface area contributed by atoms with Gasteiger partial charge < -0.3 is 28.6 Å². The predicted molar refractivity (Wildman–Crippen MR) is 146 cm³/mol. The van der Waals surface area contributed by atoms with Crippen LogP contribution in [0, 0.1) is 0 Å². The Hall–Kier alpha value is -3.84. The summed E-state index contributed by atoms with van der Waals surface area (Å²) in [7, 11) is 0. The average Bonchev–Trinajstić information content (AvgIpc) is 3.83. The number of hydrogen-bond donors (Lipinski definition) is 0. The van der Waals surface area contributed by atoms with Gasteiger partial charge in [-0.25, -0.2) is 0 Å². The molecule has 3 saturated heterocycles. The van der Waals surface area contributed by atoms with Crippen molar-refractivity contribution in [2.45, 2.75) is 18.3 Å². The zero-order valence-electron chi connectivity index (χ0n) is 21.0. The molecule has 0 aromatic heterocycles. The van der Waals surface area contributed by atoms with Gasteiger partial charge in [-0.1, -0.05) is 36.4 Å². The summed E-state index contributed by atoms with van der Waals surface area (Å²) in [6.45, 7) is 3.58. The Morgan fingerprint density at radius 3 is 1.32 bits per heavy atom. The highest BCUT2D eigenvalue weighted by Crippen LogP contribution is 2.38. The summed E-state index contributed by atoms with van der Waals surface area (Å²) in [6.07, 6.45) is 0.739. The largest absolute Gasteiger partial charge is 0.491 e. The first kappa shape index (κ1) is 23.3. The maximum atomic E-state index is 5.86. The van der Waals surface area contributed by atoms with Crippen molar-refractivity contribution in [1.29, 1.82) is 0 Å². The first-order valence-electron chi connectivity index (χ1n) is 13.1. The summed E-state index contributed by atoms with van der Waals surface area (Å²) >= 11 is 0. The van der Waals surface area contributed by atoms with Gasteiger partial charge >= 0.3 is 0 Å². The topological polar surface area (TPSA) is 59.3 Å².